The fourth-order valence-electron chi connectivity index (χ4n) is 6.56. The standard InChI is InChI=1S/C24H36O5/c1-7-18-12(2)10-13(3)24-16(11-19(27-6)23(26)28-18)8-9-17-20(24)21(25)14(4)15(5)22(17)29-24/h8-10,12,14-22,25H,7,11H2,1-6H3/b13-10+/t12-,14?,15-,16-,17-,18-,19+,20+,21-,22+,24+/m1/s1. The summed E-state index contributed by atoms with van der Waals surface area (Å²) >= 11 is 0. The van der Waals surface area contributed by atoms with Gasteiger partial charge >= 0.3 is 5.97 Å². The van der Waals surface area contributed by atoms with Gasteiger partial charge in [0.05, 0.1) is 12.2 Å². The van der Waals surface area contributed by atoms with Gasteiger partial charge in [-0.05, 0) is 37.2 Å². The molecule has 2 heterocycles. The van der Waals surface area contributed by atoms with Gasteiger partial charge < -0.3 is 19.3 Å². The molecule has 0 aromatic rings. The highest BCUT2D eigenvalue weighted by atomic mass is 16.6. The molecule has 2 fully saturated rings. The van der Waals surface area contributed by atoms with Crippen molar-refractivity contribution >= 4 is 5.97 Å². The van der Waals surface area contributed by atoms with Gasteiger partial charge in [0.1, 0.15) is 11.7 Å². The van der Waals surface area contributed by atoms with Crippen molar-refractivity contribution in [2.75, 3.05) is 7.11 Å². The smallest absolute Gasteiger partial charge is 0.335 e. The quantitative estimate of drug-likeness (QED) is 0.564. The Morgan fingerprint density at radius 1 is 1.24 bits per heavy atom. The summed E-state index contributed by atoms with van der Waals surface area (Å²) in [6, 6.07) is 0. The second kappa shape index (κ2) is 7.51. The minimum Gasteiger partial charge on any atom is -0.460 e. The van der Waals surface area contributed by atoms with Crippen LogP contribution in [0.4, 0.5) is 0 Å². The lowest BCUT2D eigenvalue weighted by atomic mass is 9.56. The van der Waals surface area contributed by atoms with Crippen molar-refractivity contribution in [3.05, 3.63) is 23.8 Å². The van der Waals surface area contributed by atoms with Crippen LogP contribution in [-0.2, 0) is 19.0 Å². The zero-order chi connectivity index (χ0) is 21.1. The summed E-state index contributed by atoms with van der Waals surface area (Å²) in [5, 5.41) is 11.4. The molecule has 4 bridgehead atoms. The average Bonchev–Trinajstić information content (AvgIpc) is 2.91. The number of aliphatic hydroxyl groups excluding tert-OH is 1. The predicted molar refractivity (Wildman–Crippen MR) is 110 cm³/mol. The molecule has 0 aromatic carbocycles. The average molecular weight is 405 g/mol. The number of carbonyl (C=O) groups is 1. The lowest BCUT2D eigenvalue weighted by molar-refractivity contribution is -0.166. The molecule has 1 saturated carbocycles. The first-order valence-corrected chi connectivity index (χ1v) is 11.2. The van der Waals surface area contributed by atoms with E-state index in [4.69, 9.17) is 14.2 Å². The third kappa shape index (κ3) is 2.95. The van der Waals surface area contributed by atoms with Gasteiger partial charge in [-0.15, -0.1) is 0 Å². The van der Waals surface area contributed by atoms with Crippen LogP contribution in [0.1, 0.15) is 47.5 Å². The number of cyclic esters (lactones) is 1. The number of aliphatic hydroxyl groups is 1. The second-order valence-corrected chi connectivity index (χ2v) is 9.73. The van der Waals surface area contributed by atoms with Gasteiger partial charge in [-0.3, -0.25) is 0 Å². The normalized spacial score (nSPS) is 53.6. The van der Waals surface area contributed by atoms with Gasteiger partial charge in [0, 0.05) is 30.8 Å². The monoisotopic (exact) mass is 404 g/mol. The fourth-order valence-corrected chi connectivity index (χ4v) is 6.56. The molecule has 4 rings (SSSR count). The molecule has 1 N–H and O–H groups in total. The summed E-state index contributed by atoms with van der Waals surface area (Å²) in [7, 11) is 1.57. The largest absolute Gasteiger partial charge is 0.460 e. The summed E-state index contributed by atoms with van der Waals surface area (Å²) in [6.45, 7) is 10.6. The Labute approximate surface area is 174 Å². The van der Waals surface area contributed by atoms with E-state index < -0.39 is 17.8 Å². The fraction of sp³-hybridized carbons (Fsp3) is 0.792. The number of esters is 1. The maximum atomic E-state index is 12.9. The van der Waals surface area contributed by atoms with Crippen LogP contribution in [0.2, 0.25) is 0 Å². The minimum absolute atomic E-state index is 0.00480. The lowest BCUT2D eigenvalue weighted by Crippen LogP contribution is -2.55. The van der Waals surface area contributed by atoms with E-state index in [0.717, 1.165) is 12.0 Å². The van der Waals surface area contributed by atoms with E-state index in [2.05, 4.69) is 45.9 Å². The SMILES string of the molecule is CC[C@H]1OC(=O)[C@@H](OC)C[C@H]2C=C[C@H]3[C@H]4O[C@]2(/C(C)=C/[C@H]1C)[C@@H]3[C@H](O)C(C)[C@H]4C. The Balaban J connectivity index is 1.86. The maximum absolute atomic E-state index is 12.9. The van der Waals surface area contributed by atoms with Gasteiger partial charge in [-0.25, -0.2) is 4.79 Å². The van der Waals surface area contributed by atoms with E-state index in [1.165, 1.54) is 0 Å². The highest BCUT2D eigenvalue weighted by Gasteiger charge is 2.67. The van der Waals surface area contributed by atoms with E-state index in [0.29, 0.717) is 6.42 Å². The molecule has 5 heteroatoms. The molecular formula is C24H36O5. The molecule has 4 aliphatic rings. The van der Waals surface area contributed by atoms with Crippen molar-refractivity contribution in [2.45, 2.75) is 77.5 Å². The van der Waals surface area contributed by atoms with E-state index in [9.17, 15) is 9.90 Å². The number of hydrogen-bond donors (Lipinski definition) is 1. The van der Waals surface area contributed by atoms with Crippen molar-refractivity contribution in [1.82, 2.24) is 0 Å². The Kier molecular flexibility index (Phi) is 5.46. The Bertz CT molecular complexity index is 714. The van der Waals surface area contributed by atoms with Crippen LogP contribution >= 0.6 is 0 Å². The van der Waals surface area contributed by atoms with Crippen LogP contribution in [0.5, 0.6) is 0 Å². The molecular weight excluding hydrogens is 368 g/mol. The van der Waals surface area contributed by atoms with E-state index in [-0.39, 0.29) is 53.7 Å². The number of ether oxygens (including phenoxy) is 3. The van der Waals surface area contributed by atoms with Crippen LogP contribution in [0.15, 0.2) is 23.8 Å². The van der Waals surface area contributed by atoms with Gasteiger partial charge in [-0.2, -0.15) is 0 Å². The van der Waals surface area contributed by atoms with Crippen molar-refractivity contribution in [3.63, 3.8) is 0 Å². The van der Waals surface area contributed by atoms with Crippen LogP contribution in [0, 0.1) is 35.5 Å². The zero-order valence-electron chi connectivity index (χ0n) is 18.5. The number of carbonyl (C=O) groups excluding carboxylic acids is 1. The van der Waals surface area contributed by atoms with Crippen LogP contribution in [-0.4, -0.2) is 48.2 Å². The summed E-state index contributed by atoms with van der Waals surface area (Å²) in [4.78, 5) is 12.9. The van der Waals surface area contributed by atoms with E-state index >= 15 is 0 Å². The van der Waals surface area contributed by atoms with Gasteiger partial charge in [0.25, 0.3) is 0 Å². The second-order valence-electron chi connectivity index (χ2n) is 9.73. The Morgan fingerprint density at radius 3 is 2.62 bits per heavy atom. The molecule has 1 unspecified atom stereocenters. The summed E-state index contributed by atoms with van der Waals surface area (Å²) in [5.41, 5.74) is 0.562. The number of hydrogen-bond acceptors (Lipinski definition) is 5. The first kappa shape index (κ1) is 21.1. The highest BCUT2D eigenvalue weighted by molar-refractivity contribution is 5.75. The molecule has 0 aromatic heterocycles. The summed E-state index contributed by atoms with van der Waals surface area (Å²) in [6.07, 6.45) is 6.73. The van der Waals surface area contributed by atoms with Crippen LogP contribution < -0.4 is 0 Å². The Hall–Kier alpha value is -1.17. The predicted octanol–water partition coefficient (Wildman–Crippen LogP) is 3.51. The molecule has 1 spiro atoms. The van der Waals surface area contributed by atoms with Crippen molar-refractivity contribution < 1.29 is 24.1 Å². The molecule has 11 atom stereocenters. The highest BCUT2D eigenvalue weighted by Crippen LogP contribution is 2.61. The first-order chi connectivity index (χ1) is 13.8. The van der Waals surface area contributed by atoms with Crippen molar-refractivity contribution in [2.24, 2.45) is 35.5 Å². The topological polar surface area (TPSA) is 65.0 Å². The van der Waals surface area contributed by atoms with Crippen molar-refractivity contribution in [1.29, 1.82) is 0 Å². The third-order valence-electron chi connectivity index (χ3n) is 8.39. The van der Waals surface area contributed by atoms with Gasteiger partial charge in [-0.1, -0.05) is 45.9 Å². The van der Waals surface area contributed by atoms with E-state index in [1.807, 2.05) is 6.92 Å². The number of rotatable bonds is 2. The molecule has 1 saturated heterocycles. The Morgan fingerprint density at radius 2 is 1.97 bits per heavy atom. The molecule has 2 aliphatic heterocycles. The van der Waals surface area contributed by atoms with Crippen LogP contribution in [0.3, 0.4) is 0 Å². The molecule has 2 aliphatic carbocycles. The molecule has 5 nitrogen and oxygen atoms in total. The first-order valence-electron chi connectivity index (χ1n) is 11.2. The number of methoxy groups -OCH3 is 1. The lowest BCUT2D eigenvalue weighted by Gasteiger charge is -2.48. The van der Waals surface area contributed by atoms with Gasteiger partial charge in [0.15, 0.2) is 6.10 Å². The molecule has 29 heavy (non-hydrogen) atoms. The zero-order valence-corrected chi connectivity index (χ0v) is 18.5. The molecule has 162 valence electrons. The maximum Gasteiger partial charge on any atom is 0.335 e. The molecule has 0 radical (unpaired) electrons. The van der Waals surface area contributed by atoms with Gasteiger partial charge in [0.2, 0.25) is 0 Å². The summed E-state index contributed by atoms with van der Waals surface area (Å²) in [5.74, 6) is 0.401. The third-order valence-corrected chi connectivity index (χ3v) is 8.39. The van der Waals surface area contributed by atoms with Crippen molar-refractivity contribution in [3.8, 4) is 0 Å². The molecule has 0 amide bonds. The minimum atomic E-state index is -0.638. The summed E-state index contributed by atoms with van der Waals surface area (Å²) < 4.78 is 18.3. The van der Waals surface area contributed by atoms with E-state index in [1.54, 1.807) is 7.11 Å². The van der Waals surface area contributed by atoms with Crippen LogP contribution in [0.25, 0.3) is 0 Å².